The number of amides is 2. The minimum atomic E-state index is -1.07. The van der Waals surface area contributed by atoms with Gasteiger partial charge in [-0.1, -0.05) is 35.9 Å². The minimum Gasteiger partial charge on any atom is -0.331 e. The molecule has 3 aliphatic heterocycles. The molecule has 0 saturated carbocycles. The second-order valence-corrected chi connectivity index (χ2v) is 12.1. The zero-order chi connectivity index (χ0) is 28.1. The number of hydrogen-bond acceptors (Lipinski definition) is 6. The molecule has 8 nitrogen and oxygen atoms in total. The number of anilines is 1. The average Bonchev–Trinajstić information content (AvgIpc) is 3.77. The van der Waals surface area contributed by atoms with Crippen molar-refractivity contribution < 1.29 is 14.0 Å². The molecule has 1 fully saturated rings. The highest BCUT2D eigenvalue weighted by Crippen LogP contribution is 2.40. The average molecular weight is 591 g/mol. The fourth-order valence-corrected chi connectivity index (χ4v) is 7.06. The molecular formula is C30H28ClFN6O2S. The van der Waals surface area contributed by atoms with E-state index < -0.39 is 18.1 Å². The first-order valence-electron chi connectivity index (χ1n) is 13.8. The van der Waals surface area contributed by atoms with Gasteiger partial charge in [0.2, 0.25) is 0 Å². The van der Waals surface area contributed by atoms with Gasteiger partial charge in [0.25, 0.3) is 11.8 Å². The molecular weight excluding hydrogens is 563 g/mol. The highest BCUT2D eigenvalue weighted by atomic mass is 35.5. The fraction of sp³-hybridized carbons (Fsp3) is 0.333. The van der Waals surface area contributed by atoms with E-state index in [4.69, 9.17) is 11.6 Å². The molecule has 4 aromatic rings. The number of carbonyl (C=O) groups is 2. The summed E-state index contributed by atoms with van der Waals surface area (Å²) in [5, 5.41) is 8.86. The molecule has 7 rings (SSSR count). The maximum Gasteiger partial charge on any atom is 0.255 e. The third-order valence-corrected chi connectivity index (χ3v) is 9.37. The van der Waals surface area contributed by atoms with Crippen LogP contribution in [0.4, 0.5) is 9.52 Å². The molecule has 3 aliphatic rings. The smallest absolute Gasteiger partial charge is 0.255 e. The molecule has 210 valence electrons. The summed E-state index contributed by atoms with van der Waals surface area (Å²) in [5.41, 5.74) is 5.26. The van der Waals surface area contributed by atoms with E-state index in [1.54, 1.807) is 22.5 Å². The van der Waals surface area contributed by atoms with E-state index in [1.807, 2.05) is 12.1 Å². The Bertz CT molecular complexity index is 1620. The summed E-state index contributed by atoms with van der Waals surface area (Å²) in [6, 6.07) is 11.2. The van der Waals surface area contributed by atoms with Crippen LogP contribution in [0.15, 0.2) is 54.3 Å². The number of rotatable bonds is 6. The van der Waals surface area contributed by atoms with Crippen LogP contribution in [0.5, 0.6) is 0 Å². The van der Waals surface area contributed by atoms with Crippen molar-refractivity contribution in [2.45, 2.75) is 50.5 Å². The first-order valence-corrected chi connectivity index (χ1v) is 15.0. The van der Waals surface area contributed by atoms with Crippen LogP contribution in [0.2, 0.25) is 5.02 Å². The van der Waals surface area contributed by atoms with Gasteiger partial charge in [0, 0.05) is 46.4 Å². The van der Waals surface area contributed by atoms with Crippen LogP contribution in [0.1, 0.15) is 57.7 Å². The number of halogens is 2. The maximum absolute atomic E-state index is 14.3. The summed E-state index contributed by atoms with van der Waals surface area (Å²) < 4.78 is 16.0. The summed E-state index contributed by atoms with van der Waals surface area (Å²) in [4.78, 5) is 37.8. The standard InChI is InChI=1S/C30H28ClFN6O2S/c31-24-12-20(18-3-1-17(2-4-18)19-5-7-33-8-6-19)11-22-23(24)15-38(29(22)40)27(28(39)36-30-34-9-10-41-30)26-25-13-21(32)14-37(25)16-35-26/h1-4,9-12,16,19,21,27,33H,5-8,13-15H2,(H,34,36,39)/t21-,27?/m1/s1. The van der Waals surface area contributed by atoms with Crippen molar-refractivity contribution in [2.24, 2.45) is 0 Å². The molecule has 2 amide bonds. The van der Waals surface area contributed by atoms with Gasteiger partial charge in [-0.25, -0.2) is 14.4 Å². The van der Waals surface area contributed by atoms with Crippen LogP contribution in [0, 0.1) is 0 Å². The molecule has 5 heterocycles. The lowest BCUT2D eigenvalue weighted by atomic mass is 9.89. The molecule has 1 saturated heterocycles. The van der Waals surface area contributed by atoms with Crippen molar-refractivity contribution in [3.63, 3.8) is 0 Å². The summed E-state index contributed by atoms with van der Waals surface area (Å²) in [7, 11) is 0. The van der Waals surface area contributed by atoms with Gasteiger partial charge < -0.3 is 14.8 Å². The maximum atomic E-state index is 14.3. The van der Waals surface area contributed by atoms with Gasteiger partial charge in [-0.3, -0.25) is 14.9 Å². The van der Waals surface area contributed by atoms with Gasteiger partial charge >= 0.3 is 0 Å². The lowest BCUT2D eigenvalue weighted by Gasteiger charge is -2.26. The molecule has 0 radical (unpaired) electrons. The number of benzene rings is 2. The van der Waals surface area contributed by atoms with E-state index in [2.05, 4.69) is 44.9 Å². The Morgan fingerprint density at radius 2 is 1.95 bits per heavy atom. The van der Waals surface area contributed by atoms with Crippen LogP contribution in [0.25, 0.3) is 11.1 Å². The van der Waals surface area contributed by atoms with Crippen molar-refractivity contribution in [3.05, 3.63) is 87.4 Å². The third-order valence-electron chi connectivity index (χ3n) is 8.34. The number of carbonyl (C=O) groups excluding carboxylic acids is 2. The van der Waals surface area contributed by atoms with Gasteiger partial charge in [0.05, 0.1) is 18.6 Å². The third kappa shape index (κ3) is 4.83. The number of fused-ring (bicyclic) bond motifs is 2. The molecule has 41 heavy (non-hydrogen) atoms. The summed E-state index contributed by atoms with van der Waals surface area (Å²) >= 11 is 8.06. The second-order valence-electron chi connectivity index (χ2n) is 10.8. The van der Waals surface area contributed by atoms with Crippen molar-refractivity contribution in [2.75, 3.05) is 18.4 Å². The van der Waals surface area contributed by atoms with Crippen molar-refractivity contribution in [3.8, 4) is 11.1 Å². The molecule has 2 aromatic heterocycles. The van der Waals surface area contributed by atoms with Crippen LogP contribution < -0.4 is 10.6 Å². The molecule has 0 spiro atoms. The molecule has 2 aromatic carbocycles. The number of alkyl halides is 1. The van der Waals surface area contributed by atoms with Gasteiger partial charge in [0.1, 0.15) is 6.17 Å². The Kier molecular flexibility index (Phi) is 6.84. The van der Waals surface area contributed by atoms with E-state index in [0.29, 0.717) is 38.6 Å². The number of thiazole rings is 1. The van der Waals surface area contributed by atoms with Crippen LogP contribution in [0.3, 0.4) is 0 Å². The lowest BCUT2D eigenvalue weighted by molar-refractivity contribution is -0.121. The number of hydrogen-bond donors (Lipinski definition) is 2. The second kappa shape index (κ2) is 10.7. The first-order chi connectivity index (χ1) is 20.0. The molecule has 11 heteroatoms. The van der Waals surface area contributed by atoms with Crippen molar-refractivity contribution in [1.29, 1.82) is 0 Å². The fourth-order valence-electron chi connectivity index (χ4n) is 6.25. The van der Waals surface area contributed by atoms with E-state index in [0.717, 1.165) is 37.1 Å². The quantitative estimate of drug-likeness (QED) is 0.316. The van der Waals surface area contributed by atoms with Crippen molar-refractivity contribution >= 4 is 39.9 Å². The SMILES string of the molecule is O=C(Nc1nccs1)C(c1ncn2c1C[C@@H](F)C2)N1Cc2c(Cl)cc(-c3ccc(C4CCNCC4)cc3)cc2C1=O. The molecule has 1 unspecified atom stereocenters. The number of nitrogens with one attached hydrogen (secondary N) is 2. The predicted octanol–water partition coefficient (Wildman–Crippen LogP) is 5.36. The molecule has 2 atom stereocenters. The Balaban J connectivity index is 1.21. The van der Waals surface area contributed by atoms with E-state index in [1.165, 1.54) is 21.8 Å². The minimum absolute atomic E-state index is 0.142. The van der Waals surface area contributed by atoms with Gasteiger partial charge in [0.15, 0.2) is 11.2 Å². The summed E-state index contributed by atoms with van der Waals surface area (Å²) in [6.45, 7) is 2.39. The van der Waals surface area contributed by atoms with Gasteiger partial charge in [-0.05, 0) is 60.7 Å². The van der Waals surface area contributed by atoms with Crippen LogP contribution in [-0.4, -0.2) is 50.5 Å². The van der Waals surface area contributed by atoms with Gasteiger partial charge in [-0.2, -0.15) is 0 Å². The lowest BCUT2D eigenvalue weighted by Crippen LogP contribution is -2.38. The Morgan fingerprint density at radius 3 is 2.71 bits per heavy atom. The zero-order valence-corrected chi connectivity index (χ0v) is 23.7. The highest BCUT2D eigenvalue weighted by Gasteiger charge is 2.42. The van der Waals surface area contributed by atoms with E-state index in [-0.39, 0.29) is 25.4 Å². The number of imidazole rings is 1. The van der Waals surface area contributed by atoms with E-state index >= 15 is 0 Å². The summed E-state index contributed by atoms with van der Waals surface area (Å²) in [6.07, 6.45) is 4.46. The van der Waals surface area contributed by atoms with Gasteiger partial charge in [-0.15, -0.1) is 11.3 Å². The Labute approximate surface area is 245 Å². The number of aromatic nitrogens is 3. The highest BCUT2D eigenvalue weighted by molar-refractivity contribution is 7.13. The number of piperidine rings is 1. The van der Waals surface area contributed by atoms with Crippen LogP contribution in [-0.2, 0) is 24.3 Å². The zero-order valence-electron chi connectivity index (χ0n) is 22.1. The molecule has 0 bridgehead atoms. The summed E-state index contributed by atoms with van der Waals surface area (Å²) in [5.74, 6) is -0.214. The Morgan fingerprint density at radius 1 is 1.15 bits per heavy atom. The topological polar surface area (TPSA) is 92.2 Å². The monoisotopic (exact) mass is 590 g/mol. The Hall–Kier alpha value is -3.60. The molecule has 0 aliphatic carbocycles. The van der Waals surface area contributed by atoms with Crippen LogP contribution >= 0.6 is 22.9 Å². The number of nitrogens with zero attached hydrogens (tertiary/aromatic N) is 4. The first kappa shape index (κ1) is 26.3. The van der Waals surface area contributed by atoms with E-state index in [9.17, 15) is 14.0 Å². The van der Waals surface area contributed by atoms with Crippen molar-refractivity contribution in [1.82, 2.24) is 24.8 Å². The molecule has 2 N–H and O–H groups in total. The largest absolute Gasteiger partial charge is 0.331 e. The predicted molar refractivity (Wildman–Crippen MR) is 156 cm³/mol. The normalized spacial score (nSPS) is 19.3.